The maximum absolute atomic E-state index is 12.7. The number of amides is 2. The largest absolute Gasteiger partial charge is 0.450 e. The van der Waals surface area contributed by atoms with Crippen LogP contribution in [0.2, 0.25) is 5.02 Å². The molecule has 1 N–H and O–H groups in total. The lowest BCUT2D eigenvalue weighted by atomic mass is 9.94. The van der Waals surface area contributed by atoms with Gasteiger partial charge in [-0.05, 0) is 50.3 Å². The number of nitrogens with zero attached hydrogens (tertiary/aromatic N) is 1. The van der Waals surface area contributed by atoms with Crippen molar-refractivity contribution in [2.24, 2.45) is 0 Å². The van der Waals surface area contributed by atoms with E-state index in [0.717, 1.165) is 31.2 Å². The summed E-state index contributed by atoms with van der Waals surface area (Å²) >= 11 is 5.94. The van der Waals surface area contributed by atoms with E-state index in [4.69, 9.17) is 16.3 Å². The van der Waals surface area contributed by atoms with Gasteiger partial charge in [0, 0.05) is 24.2 Å². The lowest BCUT2D eigenvalue weighted by molar-refractivity contribution is -0.124. The van der Waals surface area contributed by atoms with Crippen molar-refractivity contribution >= 4 is 23.6 Å². The molecule has 2 amide bonds. The number of likely N-dealkylation sites (tertiary alicyclic amines) is 1. The normalized spacial score (nSPS) is 19.7. The Hall–Kier alpha value is -1.75. The molecule has 0 bridgehead atoms. The second kappa shape index (κ2) is 7.01. The van der Waals surface area contributed by atoms with E-state index < -0.39 is 0 Å². The van der Waals surface area contributed by atoms with Crippen LogP contribution in [-0.2, 0) is 14.9 Å². The summed E-state index contributed by atoms with van der Waals surface area (Å²) in [5.74, 6) is 0.0967. The molecule has 1 heterocycles. The Kier molecular flexibility index (Phi) is 4.99. The van der Waals surface area contributed by atoms with Gasteiger partial charge < -0.3 is 15.0 Å². The molecule has 0 spiro atoms. The van der Waals surface area contributed by atoms with Crippen LogP contribution in [0.5, 0.6) is 0 Å². The average molecular weight is 351 g/mol. The van der Waals surface area contributed by atoms with Crippen LogP contribution in [0.1, 0.15) is 38.2 Å². The Bertz CT molecular complexity index is 605. The molecule has 6 heteroatoms. The predicted molar refractivity (Wildman–Crippen MR) is 92.1 cm³/mol. The molecule has 1 aliphatic carbocycles. The van der Waals surface area contributed by atoms with Crippen LogP contribution in [0.15, 0.2) is 24.3 Å². The number of hydrogen-bond acceptors (Lipinski definition) is 3. The minimum atomic E-state index is -0.386. The number of rotatable bonds is 4. The monoisotopic (exact) mass is 350 g/mol. The van der Waals surface area contributed by atoms with Gasteiger partial charge in [0.05, 0.1) is 12.0 Å². The van der Waals surface area contributed by atoms with Crippen LogP contribution < -0.4 is 5.32 Å². The smallest absolute Gasteiger partial charge is 0.409 e. The first-order valence-corrected chi connectivity index (χ1v) is 8.91. The molecular weight excluding hydrogens is 328 g/mol. The van der Waals surface area contributed by atoms with Crippen molar-refractivity contribution in [2.75, 3.05) is 19.7 Å². The van der Waals surface area contributed by atoms with Gasteiger partial charge in [-0.1, -0.05) is 23.7 Å². The molecule has 0 radical (unpaired) electrons. The molecule has 1 aromatic rings. The molecular formula is C18H23ClN2O3. The number of hydrogen-bond donors (Lipinski definition) is 1. The molecule has 1 aliphatic heterocycles. The van der Waals surface area contributed by atoms with Crippen LogP contribution in [0.3, 0.4) is 0 Å². The Morgan fingerprint density at radius 2 is 1.88 bits per heavy atom. The van der Waals surface area contributed by atoms with Gasteiger partial charge in [0.25, 0.3) is 0 Å². The summed E-state index contributed by atoms with van der Waals surface area (Å²) in [7, 11) is 0. The van der Waals surface area contributed by atoms with E-state index in [9.17, 15) is 9.59 Å². The van der Waals surface area contributed by atoms with E-state index >= 15 is 0 Å². The van der Waals surface area contributed by atoms with Gasteiger partial charge >= 0.3 is 6.09 Å². The molecule has 2 aliphatic rings. The van der Waals surface area contributed by atoms with Crippen LogP contribution in [0.4, 0.5) is 4.79 Å². The number of benzene rings is 1. The van der Waals surface area contributed by atoms with Crippen LogP contribution in [-0.4, -0.2) is 42.6 Å². The van der Waals surface area contributed by atoms with Gasteiger partial charge in [-0.25, -0.2) is 4.79 Å². The zero-order valence-corrected chi connectivity index (χ0v) is 14.6. The number of ether oxygens (including phenoxy) is 1. The van der Waals surface area contributed by atoms with Crippen molar-refractivity contribution in [2.45, 2.75) is 44.1 Å². The van der Waals surface area contributed by atoms with Crippen molar-refractivity contribution in [3.8, 4) is 0 Å². The minimum absolute atomic E-state index is 0.0967. The Morgan fingerprint density at radius 3 is 2.42 bits per heavy atom. The number of nitrogens with one attached hydrogen (secondary N) is 1. The van der Waals surface area contributed by atoms with E-state index in [1.54, 1.807) is 11.8 Å². The van der Waals surface area contributed by atoms with Gasteiger partial charge in [-0.15, -0.1) is 0 Å². The highest BCUT2D eigenvalue weighted by Gasteiger charge is 2.51. The van der Waals surface area contributed by atoms with Crippen LogP contribution in [0.25, 0.3) is 0 Å². The van der Waals surface area contributed by atoms with Gasteiger partial charge in [0.15, 0.2) is 0 Å². The molecule has 0 aromatic heterocycles. The van der Waals surface area contributed by atoms with Gasteiger partial charge in [-0.2, -0.15) is 0 Å². The lowest BCUT2D eigenvalue weighted by Crippen LogP contribution is -2.49. The molecule has 130 valence electrons. The van der Waals surface area contributed by atoms with Crippen molar-refractivity contribution < 1.29 is 14.3 Å². The Balaban J connectivity index is 1.55. The van der Waals surface area contributed by atoms with Crippen molar-refractivity contribution in [1.29, 1.82) is 0 Å². The second-order valence-electron chi connectivity index (χ2n) is 6.52. The van der Waals surface area contributed by atoms with Crippen LogP contribution in [0, 0.1) is 0 Å². The number of carbonyl (C=O) groups excluding carboxylic acids is 2. The fraction of sp³-hybridized carbons (Fsp3) is 0.556. The Labute approximate surface area is 147 Å². The third kappa shape index (κ3) is 3.51. The summed E-state index contributed by atoms with van der Waals surface area (Å²) in [6.45, 7) is 3.44. The fourth-order valence-corrected chi connectivity index (χ4v) is 3.41. The average Bonchev–Trinajstić information content (AvgIpc) is 3.38. The third-order valence-corrected chi connectivity index (χ3v) is 5.19. The Morgan fingerprint density at radius 1 is 1.25 bits per heavy atom. The first-order chi connectivity index (χ1) is 11.5. The second-order valence-corrected chi connectivity index (χ2v) is 6.96. The molecule has 1 saturated carbocycles. The topological polar surface area (TPSA) is 58.6 Å². The maximum Gasteiger partial charge on any atom is 0.409 e. The maximum atomic E-state index is 12.7. The molecule has 1 aromatic carbocycles. The van der Waals surface area contributed by atoms with E-state index in [0.29, 0.717) is 24.7 Å². The van der Waals surface area contributed by atoms with Crippen molar-refractivity contribution in [3.63, 3.8) is 0 Å². The standard InChI is InChI=1S/C18H23ClN2O3/c1-2-24-17(23)21-11-7-15(8-12-21)20-16(22)18(9-10-18)13-3-5-14(19)6-4-13/h3-6,15H,2,7-12H2,1H3,(H,20,22). The molecule has 3 rings (SSSR count). The molecule has 0 atom stereocenters. The predicted octanol–water partition coefficient (Wildman–Crippen LogP) is 3.11. The summed E-state index contributed by atoms with van der Waals surface area (Å²) in [6.07, 6.45) is 3.02. The van der Waals surface area contributed by atoms with Crippen molar-refractivity contribution in [1.82, 2.24) is 10.2 Å². The van der Waals surface area contributed by atoms with Crippen LogP contribution >= 0.6 is 11.6 Å². The fourth-order valence-electron chi connectivity index (χ4n) is 3.29. The van der Waals surface area contributed by atoms with Gasteiger partial charge in [-0.3, -0.25) is 4.79 Å². The third-order valence-electron chi connectivity index (χ3n) is 4.94. The quantitative estimate of drug-likeness (QED) is 0.907. The van der Waals surface area contributed by atoms with E-state index in [1.165, 1.54) is 0 Å². The number of piperidine rings is 1. The molecule has 2 fully saturated rings. The van der Waals surface area contributed by atoms with E-state index in [-0.39, 0.29) is 23.5 Å². The van der Waals surface area contributed by atoms with E-state index in [1.807, 2.05) is 24.3 Å². The molecule has 24 heavy (non-hydrogen) atoms. The number of carbonyl (C=O) groups is 2. The summed E-state index contributed by atoms with van der Waals surface area (Å²) in [6, 6.07) is 7.67. The van der Waals surface area contributed by atoms with E-state index in [2.05, 4.69) is 5.32 Å². The van der Waals surface area contributed by atoms with Gasteiger partial charge in [0.2, 0.25) is 5.91 Å². The highest BCUT2D eigenvalue weighted by Crippen LogP contribution is 2.48. The molecule has 5 nitrogen and oxygen atoms in total. The highest BCUT2D eigenvalue weighted by molar-refractivity contribution is 6.30. The van der Waals surface area contributed by atoms with Gasteiger partial charge in [0.1, 0.15) is 0 Å². The molecule has 1 saturated heterocycles. The SMILES string of the molecule is CCOC(=O)N1CCC(NC(=O)C2(c3ccc(Cl)cc3)CC2)CC1. The zero-order valence-electron chi connectivity index (χ0n) is 13.9. The summed E-state index contributed by atoms with van der Waals surface area (Å²) < 4.78 is 5.02. The first-order valence-electron chi connectivity index (χ1n) is 8.54. The first kappa shape index (κ1) is 17.1. The summed E-state index contributed by atoms with van der Waals surface area (Å²) in [5, 5.41) is 3.86. The summed E-state index contributed by atoms with van der Waals surface area (Å²) in [5.41, 5.74) is 0.649. The molecule has 0 unspecified atom stereocenters. The lowest BCUT2D eigenvalue weighted by Gasteiger charge is -2.32. The summed E-state index contributed by atoms with van der Waals surface area (Å²) in [4.78, 5) is 26.2. The number of halogens is 1. The van der Waals surface area contributed by atoms with Crippen molar-refractivity contribution in [3.05, 3.63) is 34.9 Å². The highest BCUT2D eigenvalue weighted by atomic mass is 35.5. The minimum Gasteiger partial charge on any atom is -0.450 e. The zero-order chi connectivity index (χ0) is 17.2.